The summed E-state index contributed by atoms with van der Waals surface area (Å²) in [5.74, 6) is 1.95. The third kappa shape index (κ3) is 2.94. The Balaban J connectivity index is 1.38. The van der Waals surface area contributed by atoms with E-state index >= 15 is 0 Å². The molecular weight excluding hydrogens is 284 g/mol. The number of hydrogen-bond acceptors (Lipinski definition) is 2. The van der Waals surface area contributed by atoms with Gasteiger partial charge in [0.2, 0.25) is 5.91 Å². The predicted molar refractivity (Wildman–Crippen MR) is 93.1 cm³/mol. The second kappa shape index (κ2) is 5.47. The standard InChI is InChI=1S/C20H34N2O/c1-18-8-16-9-19(2,12-18)14-20(10-16,13-18)17(23)22-7-5-15-4-3-6-21-11-15/h15-16,21H,3-14H2,1-2H3,(H,22,23). The highest BCUT2D eigenvalue weighted by atomic mass is 16.2. The molecule has 3 nitrogen and oxygen atoms in total. The lowest BCUT2D eigenvalue weighted by Gasteiger charge is -2.64. The Morgan fingerprint density at radius 1 is 1.13 bits per heavy atom. The summed E-state index contributed by atoms with van der Waals surface area (Å²) in [5.41, 5.74) is 0.825. The Hall–Kier alpha value is -0.570. The molecule has 1 heterocycles. The quantitative estimate of drug-likeness (QED) is 0.833. The molecule has 4 aliphatic carbocycles. The van der Waals surface area contributed by atoms with Gasteiger partial charge in [-0.05, 0) is 93.5 Å². The van der Waals surface area contributed by atoms with E-state index in [1.54, 1.807) is 0 Å². The van der Waals surface area contributed by atoms with Gasteiger partial charge in [0.15, 0.2) is 0 Å². The Kier molecular flexibility index (Phi) is 3.79. The SMILES string of the molecule is CC12CC3CC(C)(C1)CC(C(=O)NCCC1CCCNC1)(C3)C2. The second-order valence-electron chi connectivity index (χ2n) is 10.2. The van der Waals surface area contributed by atoms with Crippen LogP contribution in [0.2, 0.25) is 0 Å². The number of carbonyl (C=O) groups excluding carboxylic acids is 1. The van der Waals surface area contributed by atoms with E-state index in [9.17, 15) is 4.79 Å². The van der Waals surface area contributed by atoms with Crippen molar-refractivity contribution >= 4 is 5.91 Å². The van der Waals surface area contributed by atoms with Gasteiger partial charge in [-0.25, -0.2) is 0 Å². The molecule has 23 heavy (non-hydrogen) atoms. The molecule has 1 saturated heterocycles. The minimum atomic E-state index is -0.0340. The first-order valence-corrected chi connectivity index (χ1v) is 9.90. The predicted octanol–water partition coefficient (Wildman–Crippen LogP) is 3.49. The van der Waals surface area contributed by atoms with Crippen molar-refractivity contribution in [1.29, 1.82) is 0 Å². The van der Waals surface area contributed by atoms with E-state index in [1.165, 1.54) is 38.6 Å². The third-order valence-electron chi connectivity index (χ3n) is 7.34. The first-order chi connectivity index (χ1) is 10.9. The molecule has 1 aliphatic heterocycles. The van der Waals surface area contributed by atoms with Gasteiger partial charge >= 0.3 is 0 Å². The smallest absolute Gasteiger partial charge is 0.226 e. The topological polar surface area (TPSA) is 41.1 Å². The number of rotatable bonds is 4. The summed E-state index contributed by atoms with van der Waals surface area (Å²) in [6.45, 7) is 8.09. The van der Waals surface area contributed by atoms with Gasteiger partial charge in [0.25, 0.3) is 0 Å². The van der Waals surface area contributed by atoms with Crippen molar-refractivity contribution in [3.63, 3.8) is 0 Å². The van der Waals surface area contributed by atoms with Crippen molar-refractivity contribution < 1.29 is 4.79 Å². The molecule has 5 rings (SSSR count). The minimum absolute atomic E-state index is 0.0340. The fourth-order valence-corrected chi connectivity index (χ4v) is 7.45. The normalized spacial score (nSPS) is 48.4. The molecule has 3 heteroatoms. The number of amides is 1. The molecule has 0 aromatic rings. The summed E-state index contributed by atoms with van der Waals surface area (Å²) in [5, 5.41) is 6.83. The lowest BCUT2D eigenvalue weighted by atomic mass is 9.40. The maximum atomic E-state index is 13.1. The van der Waals surface area contributed by atoms with E-state index in [0.717, 1.165) is 50.6 Å². The number of nitrogens with one attached hydrogen (secondary N) is 2. The lowest BCUT2D eigenvalue weighted by Crippen LogP contribution is -2.60. The van der Waals surface area contributed by atoms with Gasteiger partial charge in [0.05, 0.1) is 5.41 Å². The van der Waals surface area contributed by atoms with Crippen molar-refractivity contribution in [3.05, 3.63) is 0 Å². The highest BCUT2D eigenvalue weighted by Crippen LogP contribution is 2.69. The van der Waals surface area contributed by atoms with Crippen LogP contribution < -0.4 is 10.6 Å². The van der Waals surface area contributed by atoms with E-state index in [4.69, 9.17) is 0 Å². The lowest BCUT2D eigenvalue weighted by molar-refractivity contribution is -0.170. The van der Waals surface area contributed by atoms with E-state index < -0.39 is 0 Å². The molecule has 4 bridgehead atoms. The highest BCUT2D eigenvalue weighted by molar-refractivity contribution is 5.83. The molecule has 5 fully saturated rings. The molecule has 4 saturated carbocycles. The molecule has 5 aliphatic rings. The zero-order valence-electron chi connectivity index (χ0n) is 15.0. The molecule has 2 N–H and O–H groups in total. The Morgan fingerprint density at radius 2 is 1.87 bits per heavy atom. The molecule has 0 spiro atoms. The summed E-state index contributed by atoms with van der Waals surface area (Å²) in [6, 6.07) is 0. The summed E-state index contributed by atoms with van der Waals surface area (Å²) >= 11 is 0. The second-order valence-corrected chi connectivity index (χ2v) is 10.2. The van der Waals surface area contributed by atoms with E-state index in [0.29, 0.717) is 16.7 Å². The van der Waals surface area contributed by atoms with Crippen LogP contribution in [0.1, 0.15) is 71.6 Å². The van der Waals surface area contributed by atoms with Gasteiger partial charge in [-0.15, -0.1) is 0 Å². The van der Waals surface area contributed by atoms with Crippen LogP contribution in [-0.4, -0.2) is 25.5 Å². The van der Waals surface area contributed by atoms with Crippen molar-refractivity contribution in [1.82, 2.24) is 10.6 Å². The molecule has 0 aromatic carbocycles. The van der Waals surface area contributed by atoms with Crippen LogP contribution in [0.3, 0.4) is 0 Å². The molecule has 0 aromatic heterocycles. The maximum absolute atomic E-state index is 13.1. The van der Waals surface area contributed by atoms with Crippen LogP contribution in [0.15, 0.2) is 0 Å². The monoisotopic (exact) mass is 318 g/mol. The van der Waals surface area contributed by atoms with Crippen LogP contribution in [0.25, 0.3) is 0 Å². The van der Waals surface area contributed by atoms with Crippen LogP contribution in [0.4, 0.5) is 0 Å². The molecule has 130 valence electrons. The van der Waals surface area contributed by atoms with E-state index in [-0.39, 0.29) is 5.41 Å². The molecule has 3 unspecified atom stereocenters. The van der Waals surface area contributed by atoms with Crippen LogP contribution >= 0.6 is 0 Å². The van der Waals surface area contributed by atoms with Crippen molar-refractivity contribution in [2.24, 2.45) is 28.1 Å². The van der Waals surface area contributed by atoms with Crippen molar-refractivity contribution in [2.75, 3.05) is 19.6 Å². The van der Waals surface area contributed by atoms with Crippen LogP contribution in [0, 0.1) is 28.1 Å². The van der Waals surface area contributed by atoms with Crippen molar-refractivity contribution in [3.8, 4) is 0 Å². The first-order valence-electron chi connectivity index (χ1n) is 9.90. The Morgan fingerprint density at radius 3 is 2.48 bits per heavy atom. The fourth-order valence-electron chi connectivity index (χ4n) is 7.45. The van der Waals surface area contributed by atoms with Gasteiger partial charge in [0, 0.05) is 6.54 Å². The average Bonchev–Trinajstić information content (AvgIpc) is 2.44. The maximum Gasteiger partial charge on any atom is 0.226 e. The molecule has 0 radical (unpaired) electrons. The van der Waals surface area contributed by atoms with Gasteiger partial charge in [-0.1, -0.05) is 13.8 Å². The van der Waals surface area contributed by atoms with Gasteiger partial charge in [-0.3, -0.25) is 4.79 Å². The van der Waals surface area contributed by atoms with Gasteiger partial charge in [0.1, 0.15) is 0 Å². The minimum Gasteiger partial charge on any atom is -0.356 e. The largest absolute Gasteiger partial charge is 0.356 e. The fraction of sp³-hybridized carbons (Fsp3) is 0.950. The number of hydrogen-bond donors (Lipinski definition) is 2. The van der Waals surface area contributed by atoms with Gasteiger partial charge in [-0.2, -0.15) is 0 Å². The van der Waals surface area contributed by atoms with E-state index in [1.807, 2.05) is 0 Å². The number of carbonyl (C=O) groups is 1. The summed E-state index contributed by atoms with van der Waals surface area (Å²) in [6.07, 6.45) is 11.3. The van der Waals surface area contributed by atoms with Crippen LogP contribution in [0.5, 0.6) is 0 Å². The highest BCUT2D eigenvalue weighted by Gasteiger charge is 2.62. The summed E-state index contributed by atoms with van der Waals surface area (Å²) < 4.78 is 0. The third-order valence-corrected chi connectivity index (χ3v) is 7.34. The zero-order valence-corrected chi connectivity index (χ0v) is 15.0. The Labute approximate surface area is 141 Å². The summed E-state index contributed by atoms with van der Waals surface area (Å²) in [7, 11) is 0. The van der Waals surface area contributed by atoms with Gasteiger partial charge < -0.3 is 10.6 Å². The van der Waals surface area contributed by atoms with E-state index in [2.05, 4.69) is 24.5 Å². The summed E-state index contributed by atoms with van der Waals surface area (Å²) in [4.78, 5) is 13.1. The van der Waals surface area contributed by atoms with Crippen LogP contribution in [-0.2, 0) is 4.79 Å². The molecular formula is C20H34N2O. The Bertz CT molecular complexity index is 464. The average molecular weight is 319 g/mol. The molecule has 1 amide bonds. The first kappa shape index (κ1) is 15.9. The molecule has 3 atom stereocenters. The zero-order chi connectivity index (χ0) is 16.1. The number of piperidine rings is 1. The van der Waals surface area contributed by atoms with Crippen molar-refractivity contribution in [2.45, 2.75) is 71.6 Å².